The molecule has 0 bridgehead atoms. The number of ether oxygens (including phenoxy) is 1. The lowest BCUT2D eigenvalue weighted by Crippen LogP contribution is -2.11. The zero-order chi connectivity index (χ0) is 13.0. The fourth-order valence-electron chi connectivity index (χ4n) is 1.22. The van der Waals surface area contributed by atoms with Gasteiger partial charge in [-0.15, -0.1) is 10.2 Å². The third kappa shape index (κ3) is 3.25. The Morgan fingerprint density at radius 2 is 2.44 bits per heavy atom. The summed E-state index contributed by atoms with van der Waals surface area (Å²) >= 11 is 6.62. The molecule has 0 atom stereocenters. The van der Waals surface area contributed by atoms with Gasteiger partial charge in [0, 0.05) is 13.3 Å². The molecular weight excluding hydrogens is 278 g/mol. The molecule has 18 heavy (non-hydrogen) atoms. The molecule has 9 heteroatoms. The molecule has 0 aliphatic carbocycles. The Balaban J connectivity index is 1.97. The number of hydrogen-bond donors (Lipinski definition) is 1. The first kappa shape index (κ1) is 12.9. The van der Waals surface area contributed by atoms with Gasteiger partial charge in [0.1, 0.15) is 0 Å². The highest BCUT2D eigenvalue weighted by Crippen LogP contribution is 2.16. The van der Waals surface area contributed by atoms with Gasteiger partial charge < -0.3 is 10.1 Å². The number of amides is 1. The minimum Gasteiger partial charge on any atom is -0.383 e. The fraction of sp³-hybridized carbons (Fsp3) is 0.333. The number of hydrogen-bond acceptors (Lipinski definition) is 6. The van der Waals surface area contributed by atoms with Gasteiger partial charge in [-0.05, 0) is 11.6 Å². The summed E-state index contributed by atoms with van der Waals surface area (Å²) < 4.78 is 6.83. The SMILES string of the molecule is COCCn1cc(NC(=O)c2nnc(Cl)s2)cn1. The van der Waals surface area contributed by atoms with Gasteiger partial charge in [-0.25, -0.2) is 0 Å². The van der Waals surface area contributed by atoms with Crippen LogP contribution in [-0.2, 0) is 11.3 Å². The molecule has 0 fully saturated rings. The van der Waals surface area contributed by atoms with Gasteiger partial charge in [-0.1, -0.05) is 11.3 Å². The number of nitrogens with zero attached hydrogens (tertiary/aromatic N) is 4. The lowest BCUT2D eigenvalue weighted by Gasteiger charge is -1.99. The van der Waals surface area contributed by atoms with Gasteiger partial charge in [0.2, 0.25) is 9.47 Å². The Morgan fingerprint density at radius 3 is 3.11 bits per heavy atom. The number of rotatable bonds is 5. The molecule has 0 saturated heterocycles. The van der Waals surface area contributed by atoms with Gasteiger partial charge in [-0.2, -0.15) is 5.10 Å². The summed E-state index contributed by atoms with van der Waals surface area (Å²) in [4.78, 5) is 11.7. The zero-order valence-electron chi connectivity index (χ0n) is 9.46. The van der Waals surface area contributed by atoms with Crippen molar-refractivity contribution in [2.75, 3.05) is 19.0 Å². The van der Waals surface area contributed by atoms with Crippen molar-refractivity contribution >= 4 is 34.5 Å². The highest BCUT2D eigenvalue weighted by Gasteiger charge is 2.12. The van der Waals surface area contributed by atoms with E-state index in [-0.39, 0.29) is 15.4 Å². The molecule has 0 saturated carbocycles. The molecule has 2 aromatic heterocycles. The van der Waals surface area contributed by atoms with Crippen molar-refractivity contribution in [2.24, 2.45) is 0 Å². The maximum atomic E-state index is 11.7. The first-order valence-corrected chi connectivity index (χ1v) is 6.20. The van der Waals surface area contributed by atoms with E-state index in [1.807, 2.05) is 0 Å². The molecule has 1 amide bonds. The number of carbonyl (C=O) groups is 1. The summed E-state index contributed by atoms with van der Waals surface area (Å²) in [7, 11) is 1.62. The Kier molecular flexibility index (Phi) is 4.24. The number of aromatic nitrogens is 4. The highest BCUT2D eigenvalue weighted by molar-refractivity contribution is 7.17. The molecule has 0 aliphatic heterocycles. The van der Waals surface area contributed by atoms with E-state index in [9.17, 15) is 4.79 Å². The fourth-order valence-corrected chi connectivity index (χ4v) is 1.94. The topological polar surface area (TPSA) is 81.9 Å². The molecule has 0 radical (unpaired) electrons. The summed E-state index contributed by atoms with van der Waals surface area (Å²) in [6.07, 6.45) is 3.26. The molecule has 2 heterocycles. The van der Waals surface area contributed by atoms with Crippen LogP contribution in [-0.4, -0.2) is 39.6 Å². The predicted molar refractivity (Wildman–Crippen MR) is 67.0 cm³/mol. The van der Waals surface area contributed by atoms with Crippen molar-refractivity contribution in [1.82, 2.24) is 20.0 Å². The molecule has 2 aromatic rings. The third-order valence-electron chi connectivity index (χ3n) is 2.01. The summed E-state index contributed by atoms with van der Waals surface area (Å²) in [6, 6.07) is 0. The number of carbonyl (C=O) groups excluding carboxylic acids is 1. The van der Waals surface area contributed by atoms with E-state index in [1.54, 1.807) is 24.2 Å². The van der Waals surface area contributed by atoms with Crippen LogP contribution in [0.2, 0.25) is 4.47 Å². The quantitative estimate of drug-likeness (QED) is 0.896. The average molecular weight is 288 g/mol. The van der Waals surface area contributed by atoms with E-state index < -0.39 is 0 Å². The maximum absolute atomic E-state index is 11.7. The molecule has 0 unspecified atom stereocenters. The average Bonchev–Trinajstić information content (AvgIpc) is 2.96. The lowest BCUT2D eigenvalue weighted by molar-refractivity contribution is 0.102. The first-order chi connectivity index (χ1) is 8.69. The second-order valence-corrected chi connectivity index (χ2v) is 4.86. The van der Waals surface area contributed by atoms with E-state index in [2.05, 4.69) is 20.6 Å². The van der Waals surface area contributed by atoms with E-state index in [1.165, 1.54) is 0 Å². The van der Waals surface area contributed by atoms with Gasteiger partial charge in [0.25, 0.3) is 5.91 Å². The predicted octanol–water partition coefficient (Wildman–Crippen LogP) is 1.29. The molecule has 2 rings (SSSR count). The Labute approximate surface area is 112 Å². The number of halogens is 1. The van der Waals surface area contributed by atoms with Gasteiger partial charge in [-0.3, -0.25) is 9.48 Å². The summed E-state index contributed by atoms with van der Waals surface area (Å²) in [6.45, 7) is 1.18. The minimum atomic E-state index is -0.356. The van der Waals surface area contributed by atoms with Crippen molar-refractivity contribution in [1.29, 1.82) is 0 Å². The Hall–Kier alpha value is -1.51. The summed E-state index contributed by atoms with van der Waals surface area (Å²) in [5, 5.41) is 14.1. The lowest BCUT2D eigenvalue weighted by atomic mass is 10.5. The highest BCUT2D eigenvalue weighted by atomic mass is 35.5. The van der Waals surface area contributed by atoms with Crippen LogP contribution in [0.4, 0.5) is 5.69 Å². The van der Waals surface area contributed by atoms with Crippen molar-refractivity contribution in [2.45, 2.75) is 6.54 Å². The molecule has 0 spiro atoms. The second-order valence-electron chi connectivity index (χ2n) is 3.30. The van der Waals surface area contributed by atoms with Crippen LogP contribution < -0.4 is 5.32 Å². The van der Waals surface area contributed by atoms with E-state index in [0.717, 1.165) is 11.3 Å². The van der Waals surface area contributed by atoms with Crippen LogP contribution in [0.3, 0.4) is 0 Å². The van der Waals surface area contributed by atoms with Gasteiger partial charge in [0.15, 0.2) is 0 Å². The van der Waals surface area contributed by atoms with E-state index in [0.29, 0.717) is 18.8 Å². The molecular formula is C9H10ClN5O2S. The van der Waals surface area contributed by atoms with Crippen molar-refractivity contribution in [3.05, 3.63) is 21.9 Å². The van der Waals surface area contributed by atoms with Gasteiger partial charge in [0.05, 0.1) is 25.0 Å². The zero-order valence-corrected chi connectivity index (χ0v) is 11.0. The molecule has 7 nitrogen and oxygen atoms in total. The van der Waals surface area contributed by atoms with Crippen molar-refractivity contribution in [3.63, 3.8) is 0 Å². The van der Waals surface area contributed by atoms with Crippen molar-refractivity contribution < 1.29 is 9.53 Å². The van der Waals surface area contributed by atoms with Crippen molar-refractivity contribution in [3.8, 4) is 0 Å². The second kappa shape index (κ2) is 5.89. The van der Waals surface area contributed by atoms with E-state index >= 15 is 0 Å². The van der Waals surface area contributed by atoms with Gasteiger partial charge >= 0.3 is 0 Å². The number of nitrogens with one attached hydrogen (secondary N) is 1. The van der Waals surface area contributed by atoms with Crippen LogP contribution in [0, 0.1) is 0 Å². The summed E-state index contributed by atoms with van der Waals surface area (Å²) in [5.74, 6) is -0.356. The Bertz CT molecular complexity index is 541. The van der Waals surface area contributed by atoms with Crippen LogP contribution in [0.15, 0.2) is 12.4 Å². The molecule has 0 aromatic carbocycles. The van der Waals surface area contributed by atoms with Crippen LogP contribution >= 0.6 is 22.9 Å². The standard InChI is InChI=1S/C9H10ClN5O2S/c1-17-3-2-15-5-6(4-11-15)12-7(16)8-13-14-9(10)18-8/h4-5H,2-3H2,1H3,(H,12,16). The minimum absolute atomic E-state index is 0.213. The normalized spacial score (nSPS) is 10.6. The smallest absolute Gasteiger partial charge is 0.286 e. The van der Waals surface area contributed by atoms with Crippen LogP contribution in [0.25, 0.3) is 0 Å². The van der Waals surface area contributed by atoms with E-state index in [4.69, 9.17) is 16.3 Å². The number of methoxy groups -OCH3 is 1. The first-order valence-electron chi connectivity index (χ1n) is 5.01. The van der Waals surface area contributed by atoms with Crippen LogP contribution in [0.1, 0.15) is 9.80 Å². The largest absolute Gasteiger partial charge is 0.383 e. The molecule has 1 N–H and O–H groups in total. The number of anilines is 1. The van der Waals surface area contributed by atoms with Crippen LogP contribution in [0.5, 0.6) is 0 Å². The maximum Gasteiger partial charge on any atom is 0.286 e. The Morgan fingerprint density at radius 1 is 1.61 bits per heavy atom. The monoisotopic (exact) mass is 287 g/mol. The summed E-state index contributed by atoms with van der Waals surface area (Å²) in [5.41, 5.74) is 0.586. The molecule has 0 aliphatic rings. The molecule has 96 valence electrons. The third-order valence-corrected chi connectivity index (χ3v) is 3.03.